The Morgan fingerprint density at radius 3 is 2.80 bits per heavy atom. The van der Waals surface area contributed by atoms with Crippen LogP contribution >= 0.6 is 27.3 Å². The van der Waals surface area contributed by atoms with E-state index in [4.69, 9.17) is 5.73 Å². The number of nitrogens with zero attached hydrogens (tertiary/aromatic N) is 2. The summed E-state index contributed by atoms with van der Waals surface area (Å²) in [5.74, 6) is 0.375. The van der Waals surface area contributed by atoms with Crippen molar-refractivity contribution in [1.82, 2.24) is 4.98 Å². The second-order valence-corrected chi connectivity index (χ2v) is 6.58. The van der Waals surface area contributed by atoms with Crippen LogP contribution in [0.2, 0.25) is 0 Å². The zero-order valence-electron chi connectivity index (χ0n) is 10.8. The van der Waals surface area contributed by atoms with Gasteiger partial charge in [0.2, 0.25) is 5.91 Å². The van der Waals surface area contributed by atoms with Gasteiger partial charge in [-0.05, 0) is 24.6 Å². The van der Waals surface area contributed by atoms with Crippen LogP contribution in [0.15, 0.2) is 34.1 Å². The molecule has 0 saturated carbocycles. The zero-order valence-corrected chi connectivity index (χ0v) is 13.2. The Morgan fingerprint density at radius 1 is 1.40 bits per heavy atom. The minimum atomic E-state index is 0.122. The second kappa shape index (κ2) is 5.63. The van der Waals surface area contributed by atoms with Crippen molar-refractivity contribution in [3.8, 4) is 11.3 Å². The molecule has 20 heavy (non-hydrogen) atoms. The van der Waals surface area contributed by atoms with E-state index in [2.05, 4.69) is 20.9 Å². The van der Waals surface area contributed by atoms with E-state index in [-0.39, 0.29) is 11.8 Å². The number of halogens is 1. The molecule has 3 rings (SSSR count). The Labute approximate surface area is 129 Å². The SMILES string of the molecule is NCC1CC(=O)N(c2nc(-c3ccc(Br)cc3)cs2)C1. The Morgan fingerprint density at radius 2 is 2.15 bits per heavy atom. The summed E-state index contributed by atoms with van der Waals surface area (Å²) in [7, 11) is 0. The minimum absolute atomic E-state index is 0.122. The van der Waals surface area contributed by atoms with Crippen molar-refractivity contribution >= 4 is 38.3 Å². The van der Waals surface area contributed by atoms with E-state index in [9.17, 15) is 4.79 Å². The lowest BCUT2D eigenvalue weighted by atomic mass is 10.1. The molecule has 0 bridgehead atoms. The molecule has 0 aliphatic carbocycles. The average molecular weight is 352 g/mol. The first-order valence-electron chi connectivity index (χ1n) is 6.39. The van der Waals surface area contributed by atoms with Crippen molar-refractivity contribution in [3.05, 3.63) is 34.1 Å². The summed E-state index contributed by atoms with van der Waals surface area (Å²) in [5, 5.41) is 2.76. The molecule has 0 radical (unpaired) electrons. The smallest absolute Gasteiger partial charge is 0.229 e. The van der Waals surface area contributed by atoms with Gasteiger partial charge in [-0.1, -0.05) is 28.1 Å². The van der Waals surface area contributed by atoms with E-state index < -0.39 is 0 Å². The van der Waals surface area contributed by atoms with Crippen LogP contribution in [0.3, 0.4) is 0 Å². The molecule has 1 saturated heterocycles. The van der Waals surface area contributed by atoms with Crippen molar-refractivity contribution in [2.24, 2.45) is 11.7 Å². The van der Waals surface area contributed by atoms with Gasteiger partial charge in [-0.15, -0.1) is 11.3 Å². The van der Waals surface area contributed by atoms with Crippen molar-refractivity contribution in [2.75, 3.05) is 18.0 Å². The molecule has 1 aliphatic heterocycles. The molecular weight excluding hydrogens is 338 g/mol. The standard InChI is InChI=1S/C14H14BrN3OS/c15-11-3-1-10(2-4-11)12-8-20-14(17-12)18-7-9(6-16)5-13(18)19/h1-4,8-9H,5-7,16H2. The van der Waals surface area contributed by atoms with Gasteiger partial charge in [0, 0.05) is 28.4 Å². The van der Waals surface area contributed by atoms with Crippen molar-refractivity contribution < 1.29 is 4.79 Å². The summed E-state index contributed by atoms with van der Waals surface area (Å²) in [5.41, 5.74) is 7.60. The van der Waals surface area contributed by atoms with Crippen LogP contribution in [-0.2, 0) is 4.79 Å². The monoisotopic (exact) mass is 351 g/mol. The van der Waals surface area contributed by atoms with Crippen molar-refractivity contribution in [2.45, 2.75) is 6.42 Å². The highest BCUT2D eigenvalue weighted by atomic mass is 79.9. The lowest BCUT2D eigenvalue weighted by molar-refractivity contribution is -0.117. The van der Waals surface area contributed by atoms with Gasteiger partial charge in [0.05, 0.1) is 5.69 Å². The minimum Gasteiger partial charge on any atom is -0.330 e. The first-order chi connectivity index (χ1) is 9.67. The molecule has 1 unspecified atom stereocenters. The Kier molecular flexibility index (Phi) is 3.87. The van der Waals surface area contributed by atoms with Crippen LogP contribution in [0.25, 0.3) is 11.3 Å². The number of aromatic nitrogens is 1. The molecule has 1 atom stereocenters. The number of hydrogen-bond acceptors (Lipinski definition) is 4. The lowest BCUT2D eigenvalue weighted by Crippen LogP contribution is -2.25. The van der Waals surface area contributed by atoms with Crippen LogP contribution in [-0.4, -0.2) is 24.0 Å². The largest absolute Gasteiger partial charge is 0.330 e. The van der Waals surface area contributed by atoms with Crippen LogP contribution < -0.4 is 10.6 Å². The van der Waals surface area contributed by atoms with Gasteiger partial charge in [-0.25, -0.2) is 4.98 Å². The first-order valence-corrected chi connectivity index (χ1v) is 8.06. The van der Waals surface area contributed by atoms with Gasteiger partial charge in [-0.2, -0.15) is 0 Å². The van der Waals surface area contributed by atoms with Gasteiger partial charge in [0.1, 0.15) is 0 Å². The highest BCUT2D eigenvalue weighted by molar-refractivity contribution is 9.10. The Balaban J connectivity index is 1.83. The predicted molar refractivity (Wildman–Crippen MR) is 84.8 cm³/mol. The molecule has 1 aromatic carbocycles. The zero-order chi connectivity index (χ0) is 14.1. The number of carbonyl (C=O) groups is 1. The molecule has 2 N–H and O–H groups in total. The normalized spacial score (nSPS) is 18.8. The van der Waals surface area contributed by atoms with Gasteiger partial charge in [0.25, 0.3) is 0 Å². The molecule has 1 amide bonds. The number of anilines is 1. The van der Waals surface area contributed by atoms with Gasteiger partial charge >= 0.3 is 0 Å². The van der Waals surface area contributed by atoms with Crippen molar-refractivity contribution in [3.63, 3.8) is 0 Å². The second-order valence-electron chi connectivity index (χ2n) is 4.83. The molecular formula is C14H14BrN3OS. The lowest BCUT2D eigenvalue weighted by Gasteiger charge is -2.12. The van der Waals surface area contributed by atoms with E-state index in [1.807, 2.05) is 29.6 Å². The summed E-state index contributed by atoms with van der Waals surface area (Å²) in [6.07, 6.45) is 0.531. The maximum atomic E-state index is 12.0. The third-order valence-electron chi connectivity index (χ3n) is 3.40. The van der Waals surface area contributed by atoms with Crippen LogP contribution in [0, 0.1) is 5.92 Å². The van der Waals surface area contributed by atoms with Gasteiger partial charge < -0.3 is 5.73 Å². The molecule has 104 valence electrons. The van der Waals surface area contributed by atoms with Gasteiger partial charge in [-0.3, -0.25) is 9.69 Å². The van der Waals surface area contributed by atoms with E-state index >= 15 is 0 Å². The average Bonchev–Trinajstić information content (AvgIpc) is 3.06. The number of amides is 1. The number of nitrogens with two attached hydrogens (primary N) is 1. The highest BCUT2D eigenvalue weighted by Crippen LogP contribution is 2.31. The number of carbonyl (C=O) groups excluding carboxylic acids is 1. The number of thiazole rings is 1. The van der Waals surface area contributed by atoms with Crippen molar-refractivity contribution in [1.29, 1.82) is 0 Å². The predicted octanol–water partition coefficient (Wildman–Crippen LogP) is 2.88. The molecule has 1 fully saturated rings. The molecule has 1 aromatic heterocycles. The summed E-state index contributed by atoms with van der Waals surface area (Å²) < 4.78 is 1.04. The number of benzene rings is 1. The third kappa shape index (κ3) is 2.63. The first kappa shape index (κ1) is 13.7. The van der Waals surface area contributed by atoms with Gasteiger partial charge in [0.15, 0.2) is 5.13 Å². The Bertz CT molecular complexity index is 626. The van der Waals surface area contributed by atoms with Crippen LogP contribution in [0.1, 0.15) is 6.42 Å². The van der Waals surface area contributed by atoms with E-state index in [0.29, 0.717) is 19.5 Å². The number of hydrogen-bond donors (Lipinski definition) is 1. The topological polar surface area (TPSA) is 59.2 Å². The number of rotatable bonds is 3. The summed E-state index contributed by atoms with van der Waals surface area (Å²) in [4.78, 5) is 18.3. The van der Waals surface area contributed by atoms with Crippen LogP contribution in [0.5, 0.6) is 0 Å². The summed E-state index contributed by atoms with van der Waals surface area (Å²) in [6.45, 7) is 1.23. The molecule has 1 aliphatic rings. The third-order valence-corrected chi connectivity index (χ3v) is 4.79. The molecule has 2 heterocycles. The highest BCUT2D eigenvalue weighted by Gasteiger charge is 2.31. The summed E-state index contributed by atoms with van der Waals surface area (Å²) in [6, 6.07) is 7.99. The molecule has 4 nitrogen and oxygen atoms in total. The molecule has 6 heteroatoms. The Hall–Kier alpha value is -1.24. The van der Waals surface area contributed by atoms with E-state index in [1.54, 1.807) is 4.90 Å². The molecule has 0 spiro atoms. The fourth-order valence-electron chi connectivity index (χ4n) is 2.27. The summed E-state index contributed by atoms with van der Waals surface area (Å²) >= 11 is 4.92. The molecule has 2 aromatic rings. The quantitative estimate of drug-likeness (QED) is 0.924. The maximum Gasteiger partial charge on any atom is 0.229 e. The van der Waals surface area contributed by atoms with E-state index in [0.717, 1.165) is 20.9 Å². The van der Waals surface area contributed by atoms with Crippen LogP contribution in [0.4, 0.5) is 5.13 Å². The maximum absolute atomic E-state index is 12.0. The van der Waals surface area contributed by atoms with E-state index in [1.165, 1.54) is 11.3 Å². The fourth-order valence-corrected chi connectivity index (χ4v) is 3.39. The fraction of sp³-hybridized carbons (Fsp3) is 0.286.